The van der Waals surface area contributed by atoms with Crippen LogP contribution in [0.25, 0.3) is 0 Å². The number of carbonyl (C=O) groups is 2. The monoisotopic (exact) mass is 723 g/mol. The highest BCUT2D eigenvalue weighted by molar-refractivity contribution is 9.10. The third-order valence-corrected chi connectivity index (χ3v) is 10.1. The molecule has 0 aliphatic rings. The van der Waals surface area contributed by atoms with E-state index in [2.05, 4.69) is 21.2 Å². The molecule has 0 saturated heterocycles. The summed E-state index contributed by atoms with van der Waals surface area (Å²) in [6, 6.07) is 27.4. The highest BCUT2D eigenvalue weighted by Crippen LogP contribution is 2.31. The Labute approximate surface area is 285 Å². The number of hydrogen-bond donors (Lipinski definition) is 1. The van der Waals surface area contributed by atoms with Crippen LogP contribution in [-0.4, -0.2) is 43.3 Å². The summed E-state index contributed by atoms with van der Waals surface area (Å²) in [7, 11) is -4.23. The van der Waals surface area contributed by atoms with Gasteiger partial charge in [0.05, 0.1) is 10.6 Å². The molecule has 0 spiro atoms. The van der Waals surface area contributed by atoms with Gasteiger partial charge in [0.25, 0.3) is 10.0 Å². The van der Waals surface area contributed by atoms with Crippen molar-refractivity contribution in [3.8, 4) is 0 Å². The zero-order valence-corrected chi connectivity index (χ0v) is 29.8. The van der Waals surface area contributed by atoms with Crippen molar-refractivity contribution in [2.24, 2.45) is 0 Å². The largest absolute Gasteiger partial charge is 0.350 e. The summed E-state index contributed by atoms with van der Waals surface area (Å²) in [6.07, 6.45) is 0.226. The smallest absolute Gasteiger partial charge is 0.264 e. The van der Waals surface area contributed by atoms with Crippen LogP contribution in [0.5, 0.6) is 0 Å². The number of amides is 2. The average molecular weight is 725 g/mol. The number of aryl methyl sites for hydroxylation is 1. The number of sulfonamides is 1. The van der Waals surface area contributed by atoms with Gasteiger partial charge < -0.3 is 10.2 Å². The van der Waals surface area contributed by atoms with Gasteiger partial charge in [0, 0.05) is 28.0 Å². The lowest BCUT2D eigenvalue weighted by Crippen LogP contribution is -2.56. The van der Waals surface area contributed by atoms with Gasteiger partial charge in [-0.05, 0) is 87.7 Å². The van der Waals surface area contributed by atoms with Gasteiger partial charge in [-0.1, -0.05) is 93.8 Å². The molecule has 0 unspecified atom stereocenters. The number of nitrogens with zero attached hydrogens (tertiary/aromatic N) is 2. The van der Waals surface area contributed by atoms with Crippen LogP contribution in [-0.2, 0) is 32.6 Å². The first-order valence-corrected chi connectivity index (χ1v) is 17.5. The predicted molar refractivity (Wildman–Crippen MR) is 188 cm³/mol. The molecule has 4 rings (SSSR count). The summed E-state index contributed by atoms with van der Waals surface area (Å²) in [5, 5.41) is 3.41. The van der Waals surface area contributed by atoms with Crippen molar-refractivity contribution in [1.29, 1.82) is 0 Å². The molecule has 0 saturated carbocycles. The molecule has 1 N–H and O–H groups in total. The van der Waals surface area contributed by atoms with Crippen LogP contribution < -0.4 is 9.62 Å². The average Bonchev–Trinajstić information content (AvgIpc) is 2.99. The molecule has 46 heavy (non-hydrogen) atoms. The van der Waals surface area contributed by atoms with E-state index in [1.54, 1.807) is 37.3 Å². The van der Waals surface area contributed by atoms with E-state index in [4.69, 9.17) is 11.6 Å². The Morgan fingerprint density at radius 2 is 1.50 bits per heavy atom. The molecule has 2 amide bonds. The van der Waals surface area contributed by atoms with Crippen molar-refractivity contribution >= 4 is 55.1 Å². The van der Waals surface area contributed by atoms with Crippen molar-refractivity contribution in [3.63, 3.8) is 0 Å². The summed E-state index contributed by atoms with van der Waals surface area (Å²) < 4.78 is 30.5. The van der Waals surface area contributed by atoms with Crippen LogP contribution in [0.3, 0.4) is 0 Å². The molecule has 0 fully saturated rings. The fourth-order valence-corrected chi connectivity index (χ4v) is 7.14. The Morgan fingerprint density at radius 3 is 2.13 bits per heavy atom. The fraction of sp³-hybridized carbons (Fsp3) is 0.278. The molecule has 0 aromatic heterocycles. The molecule has 0 bridgehead atoms. The zero-order valence-electron chi connectivity index (χ0n) is 26.6. The van der Waals surface area contributed by atoms with Gasteiger partial charge in [0.15, 0.2) is 0 Å². The maximum absolute atomic E-state index is 14.6. The predicted octanol–water partition coefficient (Wildman–Crippen LogP) is 7.47. The lowest BCUT2D eigenvalue weighted by atomic mass is 10.0. The first-order valence-electron chi connectivity index (χ1n) is 14.9. The summed E-state index contributed by atoms with van der Waals surface area (Å²) in [5.74, 6) is -0.883. The molecule has 4 aromatic carbocycles. The van der Waals surface area contributed by atoms with E-state index in [-0.39, 0.29) is 29.5 Å². The third-order valence-electron chi connectivity index (χ3n) is 7.41. The van der Waals surface area contributed by atoms with Crippen molar-refractivity contribution in [2.45, 2.75) is 64.1 Å². The molecule has 4 aromatic rings. The molecule has 10 heteroatoms. The number of benzene rings is 4. The lowest BCUT2D eigenvalue weighted by molar-refractivity contribution is -0.140. The normalized spacial score (nSPS) is 12.3. The summed E-state index contributed by atoms with van der Waals surface area (Å²) in [4.78, 5) is 30.2. The van der Waals surface area contributed by atoms with Gasteiger partial charge in [0.2, 0.25) is 11.8 Å². The minimum Gasteiger partial charge on any atom is -0.350 e. The molecule has 0 aliphatic heterocycles. The van der Waals surface area contributed by atoms with Crippen molar-refractivity contribution in [3.05, 3.63) is 129 Å². The minimum absolute atomic E-state index is 0.0372. The maximum Gasteiger partial charge on any atom is 0.264 e. The van der Waals surface area contributed by atoms with E-state index in [1.807, 2.05) is 82.3 Å². The first kappa shape index (κ1) is 35.2. The Kier molecular flexibility index (Phi) is 11.4. The van der Waals surface area contributed by atoms with Crippen LogP contribution in [0.15, 0.2) is 106 Å². The molecule has 1 atom stereocenters. The zero-order chi connectivity index (χ0) is 33.6. The Balaban J connectivity index is 1.85. The van der Waals surface area contributed by atoms with E-state index in [0.29, 0.717) is 10.6 Å². The van der Waals surface area contributed by atoms with Gasteiger partial charge >= 0.3 is 0 Å². The molecule has 0 radical (unpaired) electrons. The molecule has 7 nitrogen and oxygen atoms in total. The topological polar surface area (TPSA) is 86.8 Å². The second kappa shape index (κ2) is 14.8. The maximum atomic E-state index is 14.6. The van der Waals surface area contributed by atoms with E-state index < -0.39 is 34.1 Å². The summed E-state index contributed by atoms with van der Waals surface area (Å²) >= 11 is 9.97. The minimum atomic E-state index is -4.23. The van der Waals surface area contributed by atoms with Crippen LogP contribution in [0.4, 0.5) is 5.69 Å². The van der Waals surface area contributed by atoms with Gasteiger partial charge in [-0.2, -0.15) is 0 Å². The van der Waals surface area contributed by atoms with E-state index >= 15 is 0 Å². The number of anilines is 1. The summed E-state index contributed by atoms with van der Waals surface area (Å²) in [6.45, 7) is 8.73. The van der Waals surface area contributed by atoms with E-state index in [9.17, 15) is 18.0 Å². The third kappa shape index (κ3) is 8.99. The second-order valence-corrected chi connectivity index (χ2v) is 15.5. The van der Waals surface area contributed by atoms with Crippen LogP contribution in [0.2, 0.25) is 5.02 Å². The molecular weight excluding hydrogens is 686 g/mol. The van der Waals surface area contributed by atoms with Crippen molar-refractivity contribution in [2.75, 3.05) is 10.8 Å². The lowest BCUT2D eigenvalue weighted by Gasteiger charge is -2.35. The van der Waals surface area contributed by atoms with E-state index in [0.717, 1.165) is 25.5 Å². The van der Waals surface area contributed by atoms with Crippen LogP contribution in [0, 0.1) is 13.8 Å². The molecular formula is C36H39BrClN3O4S. The van der Waals surface area contributed by atoms with Crippen LogP contribution in [0.1, 0.15) is 43.0 Å². The standard InChI is InChI=1S/C36H39BrClN3O4S/c1-25-17-19-30(20-18-25)46(44,45)41(32-16-10-15-31(38)26(32)2)24-34(42)40(23-28-13-9-14-29(37)21-28)33(35(43)39-36(3,4)5)22-27-11-7-6-8-12-27/h6-21,33H,22-24H2,1-5H3,(H,39,43)/t33-/m1/s1. The molecule has 0 heterocycles. The van der Waals surface area contributed by atoms with Gasteiger partial charge in [-0.15, -0.1) is 0 Å². The van der Waals surface area contributed by atoms with Crippen molar-refractivity contribution in [1.82, 2.24) is 10.2 Å². The van der Waals surface area contributed by atoms with Crippen molar-refractivity contribution < 1.29 is 18.0 Å². The highest BCUT2D eigenvalue weighted by Gasteiger charge is 2.36. The number of rotatable bonds is 11. The summed E-state index contributed by atoms with van der Waals surface area (Å²) in [5.41, 5.74) is 2.75. The number of hydrogen-bond acceptors (Lipinski definition) is 4. The van der Waals surface area contributed by atoms with Crippen LogP contribution >= 0.6 is 27.5 Å². The molecule has 0 aliphatic carbocycles. The number of nitrogens with one attached hydrogen (secondary N) is 1. The second-order valence-electron chi connectivity index (χ2n) is 12.3. The van der Waals surface area contributed by atoms with Gasteiger partial charge in [-0.3, -0.25) is 13.9 Å². The SMILES string of the molecule is Cc1ccc(S(=O)(=O)N(CC(=O)N(Cc2cccc(Br)c2)[C@H](Cc2ccccc2)C(=O)NC(C)(C)C)c2cccc(Cl)c2C)cc1. The number of carbonyl (C=O) groups excluding carboxylic acids is 2. The fourth-order valence-electron chi connectivity index (χ4n) is 5.06. The first-order chi connectivity index (χ1) is 21.7. The highest BCUT2D eigenvalue weighted by atomic mass is 79.9. The Bertz CT molecular complexity index is 1790. The Morgan fingerprint density at radius 1 is 0.870 bits per heavy atom. The number of halogens is 2. The van der Waals surface area contributed by atoms with Gasteiger partial charge in [-0.25, -0.2) is 8.42 Å². The quantitative estimate of drug-likeness (QED) is 0.174. The Hall–Kier alpha value is -3.66. The molecule has 242 valence electrons. The van der Waals surface area contributed by atoms with Gasteiger partial charge in [0.1, 0.15) is 12.6 Å². The van der Waals surface area contributed by atoms with E-state index in [1.165, 1.54) is 17.0 Å².